The molecular formula is C35H29N3O3. The first-order valence-corrected chi connectivity index (χ1v) is 14.1. The Morgan fingerprint density at radius 3 is 2.29 bits per heavy atom. The van der Waals surface area contributed by atoms with Gasteiger partial charge in [0.1, 0.15) is 22.8 Å². The quantitative estimate of drug-likeness (QED) is 0.229. The van der Waals surface area contributed by atoms with Crippen LogP contribution in [-0.4, -0.2) is 25.6 Å². The Morgan fingerprint density at radius 2 is 1.54 bits per heavy atom. The molecule has 0 aliphatic heterocycles. The highest BCUT2D eigenvalue weighted by Crippen LogP contribution is 2.39. The summed E-state index contributed by atoms with van der Waals surface area (Å²) in [6.07, 6.45) is 5.63. The van der Waals surface area contributed by atoms with Crippen LogP contribution in [0, 0.1) is 0 Å². The summed E-state index contributed by atoms with van der Waals surface area (Å²) in [4.78, 5) is 22.1. The zero-order chi connectivity index (χ0) is 27.8. The van der Waals surface area contributed by atoms with Crippen molar-refractivity contribution in [1.82, 2.24) is 14.5 Å². The molecule has 1 aliphatic rings. The van der Waals surface area contributed by atoms with Gasteiger partial charge in [0.2, 0.25) is 0 Å². The molecule has 1 aliphatic carbocycles. The lowest BCUT2D eigenvalue weighted by atomic mass is 9.94. The van der Waals surface area contributed by atoms with E-state index in [-0.39, 0.29) is 11.6 Å². The summed E-state index contributed by atoms with van der Waals surface area (Å²) in [5.74, 6) is 1.25. The molecule has 1 saturated carbocycles. The van der Waals surface area contributed by atoms with E-state index in [1.807, 2.05) is 91.0 Å². The Hall–Kier alpha value is -4.97. The van der Waals surface area contributed by atoms with Gasteiger partial charge in [0.15, 0.2) is 0 Å². The first-order valence-electron chi connectivity index (χ1n) is 14.1. The van der Waals surface area contributed by atoms with E-state index in [1.54, 1.807) is 6.07 Å². The minimum absolute atomic E-state index is 0.223. The molecule has 0 radical (unpaired) electrons. The Labute approximate surface area is 237 Å². The number of nitrogens with zero attached hydrogens (tertiary/aromatic N) is 3. The third-order valence-electron chi connectivity index (χ3n) is 7.96. The molecule has 4 aromatic carbocycles. The average Bonchev–Trinajstić information content (AvgIpc) is 3.42. The molecule has 41 heavy (non-hydrogen) atoms. The van der Waals surface area contributed by atoms with E-state index >= 15 is 0 Å². The SMILES string of the molecule is O=C(O)c1cccc2c1nc(-c1ccc3nc(-c4ccccc4)cc(Oc4ccccc4)c3c1)n2C1CCCCC1. The van der Waals surface area contributed by atoms with E-state index in [9.17, 15) is 9.90 Å². The predicted octanol–water partition coefficient (Wildman–Crippen LogP) is 8.91. The molecule has 0 spiro atoms. The predicted molar refractivity (Wildman–Crippen MR) is 162 cm³/mol. The van der Waals surface area contributed by atoms with Crippen LogP contribution in [0.2, 0.25) is 0 Å². The molecule has 0 bridgehead atoms. The fourth-order valence-electron chi connectivity index (χ4n) is 5.99. The Bertz CT molecular complexity index is 1870. The lowest BCUT2D eigenvalue weighted by Gasteiger charge is -2.25. The maximum Gasteiger partial charge on any atom is 0.337 e. The summed E-state index contributed by atoms with van der Waals surface area (Å²) in [5.41, 5.74) is 5.18. The zero-order valence-electron chi connectivity index (χ0n) is 22.5. The van der Waals surface area contributed by atoms with Crippen LogP contribution in [0.25, 0.3) is 44.6 Å². The van der Waals surface area contributed by atoms with Crippen LogP contribution in [-0.2, 0) is 0 Å². The van der Waals surface area contributed by atoms with Gasteiger partial charge in [-0.05, 0) is 55.3 Å². The van der Waals surface area contributed by atoms with Crippen molar-refractivity contribution in [2.45, 2.75) is 38.1 Å². The first kappa shape index (κ1) is 25.0. The molecule has 6 nitrogen and oxygen atoms in total. The number of fused-ring (bicyclic) bond motifs is 2. The third kappa shape index (κ3) is 4.72. The van der Waals surface area contributed by atoms with Crippen LogP contribution in [0.1, 0.15) is 48.5 Å². The molecule has 6 aromatic rings. The highest BCUT2D eigenvalue weighted by atomic mass is 16.5. The fraction of sp³-hybridized carbons (Fsp3) is 0.171. The smallest absolute Gasteiger partial charge is 0.337 e. The Kier molecular flexibility index (Phi) is 6.44. The maximum atomic E-state index is 12.1. The van der Waals surface area contributed by atoms with Crippen molar-refractivity contribution >= 4 is 27.9 Å². The van der Waals surface area contributed by atoms with Crippen LogP contribution in [0.5, 0.6) is 11.5 Å². The number of aromatic carboxylic acids is 1. The van der Waals surface area contributed by atoms with Crippen LogP contribution in [0.15, 0.2) is 103 Å². The monoisotopic (exact) mass is 539 g/mol. The van der Waals surface area contributed by atoms with Gasteiger partial charge in [0, 0.05) is 28.6 Å². The summed E-state index contributed by atoms with van der Waals surface area (Å²) in [5, 5.41) is 10.8. The average molecular weight is 540 g/mol. The largest absolute Gasteiger partial charge is 0.478 e. The molecule has 7 rings (SSSR count). The molecular weight excluding hydrogens is 510 g/mol. The van der Waals surface area contributed by atoms with Crippen molar-refractivity contribution in [2.75, 3.05) is 0 Å². The second-order valence-corrected chi connectivity index (χ2v) is 10.6. The summed E-state index contributed by atoms with van der Waals surface area (Å²) in [7, 11) is 0. The topological polar surface area (TPSA) is 77.2 Å². The molecule has 0 saturated heterocycles. The number of pyridine rings is 1. The van der Waals surface area contributed by atoms with E-state index in [2.05, 4.69) is 10.6 Å². The number of benzene rings is 4. The molecule has 0 unspecified atom stereocenters. The van der Waals surface area contributed by atoms with Gasteiger partial charge in [-0.1, -0.05) is 73.9 Å². The minimum atomic E-state index is -0.967. The van der Waals surface area contributed by atoms with Crippen molar-refractivity contribution in [2.24, 2.45) is 0 Å². The van der Waals surface area contributed by atoms with Crippen molar-refractivity contribution in [3.63, 3.8) is 0 Å². The number of hydrogen-bond donors (Lipinski definition) is 1. The second kappa shape index (κ2) is 10.5. The summed E-state index contributed by atoms with van der Waals surface area (Å²) in [6.45, 7) is 0. The second-order valence-electron chi connectivity index (χ2n) is 10.6. The molecule has 2 heterocycles. The fourth-order valence-corrected chi connectivity index (χ4v) is 5.99. The number of carbonyl (C=O) groups is 1. The van der Waals surface area contributed by atoms with Crippen LogP contribution in [0.3, 0.4) is 0 Å². The highest BCUT2D eigenvalue weighted by molar-refractivity contribution is 6.02. The summed E-state index contributed by atoms with van der Waals surface area (Å²) in [6, 6.07) is 33.7. The third-order valence-corrected chi connectivity index (χ3v) is 7.96. The van der Waals surface area contributed by atoms with E-state index in [4.69, 9.17) is 14.7 Å². The zero-order valence-corrected chi connectivity index (χ0v) is 22.5. The molecule has 0 amide bonds. The first-order chi connectivity index (χ1) is 20.2. The lowest BCUT2D eigenvalue weighted by molar-refractivity contribution is 0.0699. The molecule has 6 heteroatoms. The number of carboxylic acid groups (broad SMARTS) is 1. The lowest BCUT2D eigenvalue weighted by Crippen LogP contribution is -2.14. The number of rotatable bonds is 6. The molecule has 202 valence electrons. The van der Waals surface area contributed by atoms with E-state index in [1.165, 1.54) is 6.42 Å². The summed E-state index contributed by atoms with van der Waals surface area (Å²) < 4.78 is 8.73. The van der Waals surface area contributed by atoms with Gasteiger partial charge in [0.25, 0.3) is 0 Å². The number of hydrogen-bond acceptors (Lipinski definition) is 4. The Balaban J connectivity index is 1.44. The van der Waals surface area contributed by atoms with Gasteiger partial charge >= 0.3 is 5.97 Å². The molecule has 1 N–H and O–H groups in total. The van der Waals surface area contributed by atoms with Gasteiger partial charge in [-0.3, -0.25) is 0 Å². The van der Waals surface area contributed by atoms with Gasteiger partial charge < -0.3 is 14.4 Å². The molecule has 0 atom stereocenters. The molecule has 2 aromatic heterocycles. The van der Waals surface area contributed by atoms with Crippen molar-refractivity contribution in [3.05, 3.63) is 109 Å². The van der Waals surface area contributed by atoms with Gasteiger partial charge in [-0.2, -0.15) is 0 Å². The van der Waals surface area contributed by atoms with E-state index < -0.39 is 5.97 Å². The van der Waals surface area contributed by atoms with Crippen LogP contribution < -0.4 is 4.74 Å². The van der Waals surface area contributed by atoms with Crippen molar-refractivity contribution < 1.29 is 14.6 Å². The normalized spacial score (nSPS) is 14.0. The highest BCUT2D eigenvalue weighted by Gasteiger charge is 2.25. The van der Waals surface area contributed by atoms with Gasteiger partial charge in [0.05, 0.1) is 22.3 Å². The van der Waals surface area contributed by atoms with Crippen molar-refractivity contribution in [1.29, 1.82) is 0 Å². The van der Waals surface area contributed by atoms with E-state index in [0.717, 1.165) is 70.5 Å². The van der Waals surface area contributed by atoms with Gasteiger partial charge in [-0.15, -0.1) is 0 Å². The van der Waals surface area contributed by atoms with Crippen LogP contribution >= 0.6 is 0 Å². The van der Waals surface area contributed by atoms with E-state index in [0.29, 0.717) is 11.3 Å². The Morgan fingerprint density at radius 1 is 0.780 bits per heavy atom. The number of aromatic nitrogens is 3. The number of carboxylic acids is 1. The summed E-state index contributed by atoms with van der Waals surface area (Å²) >= 11 is 0. The number of para-hydroxylation sites is 2. The van der Waals surface area contributed by atoms with Gasteiger partial charge in [-0.25, -0.2) is 14.8 Å². The van der Waals surface area contributed by atoms with Crippen LogP contribution in [0.4, 0.5) is 0 Å². The van der Waals surface area contributed by atoms with Crippen molar-refractivity contribution in [3.8, 4) is 34.1 Å². The number of ether oxygens (including phenoxy) is 1. The standard InChI is InChI=1S/C35H29N3O3/c39-35(40)27-17-10-18-31-33(27)37-34(38(31)25-13-6-2-7-14-25)24-19-20-29-28(21-24)32(41-26-15-8-3-9-16-26)22-30(36-29)23-11-4-1-5-12-23/h1,3-5,8-12,15-22,25H,2,6-7,13-14H2,(H,39,40). The molecule has 1 fully saturated rings. The minimum Gasteiger partial charge on any atom is -0.478 e. The number of imidazole rings is 1. The maximum absolute atomic E-state index is 12.1.